The van der Waals surface area contributed by atoms with Gasteiger partial charge in [0.1, 0.15) is 11.4 Å². The SMILES string of the molecule is CCOC(=O)c1ccc(N2C(=O)c3[nH]nc(-c4ccc(C)cc4)c3[C@H]2c2ccc(OCC)cc2)cc1. The smallest absolute Gasteiger partial charge is 0.338 e. The van der Waals surface area contributed by atoms with Crippen LogP contribution in [0.1, 0.15) is 57.4 Å². The highest BCUT2D eigenvalue weighted by Crippen LogP contribution is 2.45. The van der Waals surface area contributed by atoms with Gasteiger partial charge in [-0.1, -0.05) is 42.0 Å². The minimum absolute atomic E-state index is 0.182. The van der Waals surface area contributed by atoms with Gasteiger partial charge in [0.2, 0.25) is 0 Å². The van der Waals surface area contributed by atoms with Crippen molar-refractivity contribution in [3.8, 4) is 17.0 Å². The van der Waals surface area contributed by atoms with Crippen LogP contribution in [0.15, 0.2) is 72.8 Å². The molecule has 4 aromatic rings. The van der Waals surface area contributed by atoms with Gasteiger partial charge in [0.15, 0.2) is 0 Å². The topological polar surface area (TPSA) is 84.5 Å². The molecule has 1 aromatic heterocycles. The third-order valence-corrected chi connectivity index (χ3v) is 6.26. The minimum atomic E-state index is -0.410. The number of aryl methyl sites for hydroxylation is 1. The van der Waals surface area contributed by atoms with Gasteiger partial charge in [-0.2, -0.15) is 5.10 Å². The average molecular weight is 482 g/mol. The van der Waals surface area contributed by atoms with Crippen LogP contribution in [0.25, 0.3) is 11.3 Å². The highest BCUT2D eigenvalue weighted by molar-refractivity contribution is 6.12. The molecule has 0 unspecified atom stereocenters. The number of ether oxygens (including phenoxy) is 2. The number of benzene rings is 3. The van der Waals surface area contributed by atoms with Crippen molar-refractivity contribution in [3.63, 3.8) is 0 Å². The second-order valence-corrected chi connectivity index (χ2v) is 8.57. The molecule has 0 radical (unpaired) electrons. The summed E-state index contributed by atoms with van der Waals surface area (Å²) in [5.74, 6) is 0.191. The quantitative estimate of drug-likeness (QED) is 0.342. The van der Waals surface area contributed by atoms with E-state index in [-0.39, 0.29) is 5.91 Å². The van der Waals surface area contributed by atoms with Crippen LogP contribution < -0.4 is 9.64 Å². The van der Waals surface area contributed by atoms with Gasteiger partial charge in [0, 0.05) is 16.8 Å². The first-order valence-corrected chi connectivity index (χ1v) is 12.0. The normalized spacial score (nSPS) is 14.6. The van der Waals surface area contributed by atoms with Gasteiger partial charge in [-0.25, -0.2) is 4.79 Å². The van der Waals surface area contributed by atoms with Crippen molar-refractivity contribution in [2.24, 2.45) is 0 Å². The van der Waals surface area contributed by atoms with Crippen molar-refractivity contribution < 1.29 is 19.1 Å². The average Bonchev–Trinajstić information content (AvgIpc) is 3.44. The van der Waals surface area contributed by atoms with E-state index >= 15 is 0 Å². The number of nitrogens with zero attached hydrogens (tertiary/aromatic N) is 2. The maximum atomic E-state index is 13.7. The Morgan fingerprint density at radius 1 is 0.944 bits per heavy atom. The monoisotopic (exact) mass is 481 g/mol. The summed E-state index contributed by atoms with van der Waals surface area (Å²) < 4.78 is 10.7. The molecule has 1 N–H and O–H groups in total. The third-order valence-electron chi connectivity index (χ3n) is 6.26. The van der Waals surface area contributed by atoms with Crippen LogP contribution in [0.3, 0.4) is 0 Å². The molecule has 1 atom stereocenters. The third kappa shape index (κ3) is 4.13. The molecule has 36 heavy (non-hydrogen) atoms. The van der Waals surface area contributed by atoms with E-state index in [1.807, 2.05) is 62.4 Å². The number of aromatic amines is 1. The summed E-state index contributed by atoms with van der Waals surface area (Å²) in [7, 11) is 0. The van der Waals surface area contributed by atoms with Crippen LogP contribution in [0.4, 0.5) is 5.69 Å². The van der Waals surface area contributed by atoms with Gasteiger partial charge in [-0.15, -0.1) is 0 Å². The Bertz CT molecular complexity index is 1390. The molecule has 0 spiro atoms. The Labute approximate surface area is 209 Å². The fourth-order valence-electron chi connectivity index (χ4n) is 4.55. The molecule has 1 aliphatic heterocycles. The van der Waals surface area contributed by atoms with Gasteiger partial charge < -0.3 is 9.47 Å². The zero-order valence-electron chi connectivity index (χ0n) is 20.4. The molecule has 7 heteroatoms. The molecular formula is C29H27N3O4. The standard InChI is InChI=1S/C29H27N3O4/c1-4-35-23-16-12-20(13-17-23)27-24-25(19-8-6-18(3)7-9-19)30-31-26(24)28(33)32(27)22-14-10-21(11-15-22)29(34)36-5-2/h6-17,27H,4-5H2,1-3H3,(H,30,31)/t27-/m1/s1. The van der Waals surface area contributed by atoms with E-state index in [0.717, 1.165) is 33.7 Å². The largest absolute Gasteiger partial charge is 0.494 e. The fraction of sp³-hybridized carbons (Fsp3) is 0.207. The number of hydrogen-bond acceptors (Lipinski definition) is 5. The van der Waals surface area contributed by atoms with Crippen molar-refractivity contribution >= 4 is 17.6 Å². The van der Waals surface area contributed by atoms with Gasteiger partial charge in [0.25, 0.3) is 5.91 Å². The van der Waals surface area contributed by atoms with Gasteiger partial charge in [-0.05, 0) is 62.7 Å². The number of nitrogens with one attached hydrogen (secondary N) is 1. The molecule has 0 saturated carbocycles. The van der Waals surface area contributed by atoms with Crippen molar-refractivity contribution in [3.05, 3.63) is 101 Å². The second-order valence-electron chi connectivity index (χ2n) is 8.57. The predicted octanol–water partition coefficient (Wildman–Crippen LogP) is 5.71. The first-order valence-electron chi connectivity index (χ1n) is 12.0. The summed E-state index contributed by atoms with van der Waals surface area (Å²) in [5.41, 5.74) is 6.13. The molecule has 3 aromatic carbocycles. The molecule has 0 saturated heterocycles. The van der Waals surface area contributed by atoms with E-state index in [1.54, 1.807) is 36.1 Å². The van der Waals surface area contributed by atoms with E-state index in [9.17, 15) is 9.59 Å². The molecule has 0 fully saturated rings. The Hall–Kier alpha value is -4.39. The maximum absolute atomic E-state index is 13.7. The van der Waals surface area contributed by atoms with E-state index < -0.39 is 12.0 Å². The molecule has 2 heterocycles. The van der Waals surface area contributed by atoms with E-state index in [1.165, 1.54) is 0 Å². The Morgan fingerprint density at radius 3 is 2.28 bits per heavy atom. The molecule has 5 rings (SSSR count). The Morgan fingerprint density at radius 2 is 1.64 bits per heavy atom. The van der Waals surface area contributed by atoms with Crippen LogP contribution in [-0.4, -0.2) is 35.3 Å². The summed E-state index contributed by atoms with van der Waals surface area (Å²) in [6.07, 6.45) is 0. The Kier molecular flexibility index (Phi) is 6.29. The van der Waals surface area contributed by atoms with Gasteiger partial charge in [0.05, 0.1) is 30.5 Å². The lowest BCUT2D eigenvalue weighted by Crippen LogP contribution is -2.29. The number of H-pyrrole nitrogens is 1. The van der Waals surface area contributed by atoms with Gasteiger partial charge in [-0.3, -0.25) is 14.8 Å². The lowest BCUT2D eigenvalue weighted by Gasteiger charge is -2.27. The number of fused-ring (bicyclic) bond motifs is 1. The summed E-state index contributed by atoms with van der Waals surface area (Å²) >= 11 is 0. The fourth-order valence-corrected chi connectivity index (χ4v) is 4.55. The number of carbonyl (C=O) groups is 2. The highest BCUT2D eigenvalue weighted by Gasteiger charge is 2.43. The highest BCUT2D eigenvalue weighted by atomic mass is 16.5. The van der Waals surface area contributed by atoms with Crippen LogP contribution in [0, 0.1) is 6.92 Å². The summed E-state index contributed by atoms with van der Waals surface area (Å²) in [5, 5.41) is 7.52. The zero-order valence-corrected chi connectivity index (χ0v) is 20.4. The van der Waals surface area contributed by atoms with Crippen LogP contribution in [0.5, 0.6) is 5.75 Å². The first kappa shape index (κ1) is 23.4. The molecule has 7 nitrogen and oxygen atoms in total. The van der Waals surface area contributed by atoms with E-state index in [0.29, 0.717) is 30.2 Å². The van der Waals surface area contributed by atoms with Crippen LogP contribution >= 0.6 is 0 Å². The number of amides is 1. The minimum Gasteiger partial charge on any atom is -0.494 e. The summed E-state index contributed by atoms with van der Waals surface area (Å²) in [6, 6.07) is 22.4. The number of rotatable bonds is 7. The molecule has 0 bridgehead atoms. The van der Waals surface area contributed by atoms with Crippen molar-refractivity contribution in [2.45, 2.75) is 26.8 Å². The van der Waals surface area contributed by atoms with Crippen LogP contribution in [0.2, 0.25) is 0 Å². The predicted molar refractivity (Wildman–Crippen MR) is 137 cm³/mol. The Balaban J connectivity index is 1.61. The van der Waals surface area contributed by atoms with E-state index in [4.69, 9.17) is 9.47 Å². The first-order chi connectivity index (χ1) is 17.5. The van der Waals surface area contributed by atoms with E-state index in [2.05, 4.69) is 10.2 Å². The summed E-state index contributed by atoms with van der Waals surface area (Å²) in [6.45, 7) is 6.62. The number of anilines is 1. The zero-order chi connectivity index (χ0) is 25.2. The summed E-state index contributed by atoms with van der Waals surface area (Å²) in [4.78, 5) is 27.6. The number of hydrogen-bond donors (Lipinski definition) is 1. The second kappa shape index (κ2) is 9.70. The van der Waals surface area contributed by atoms with Gasteiger partial charge >= 0.3 is 5.97 Å². The van der Waals surface area contributed by atoms with Crippen molar-refractivity contribution in [1.29, 1.82) is 0 Å². The molecule has 182 valence electrons. The number of esters is 1. The van der Waals surface area contributed by atoms with Crippen molar-refractivity contribution in [1.82, 2.24) is 10.2 Å². The molecule has 1 amide bonds. The lowest BCUT2D eigenvalue weighted by molar-refractivity contribution is 0.0526. The molecular weight excluding hydrogens is 454 g/mol. The number of carbonyl (C=O) groups excluding carboxylic acids is 2. The maximum Gasteiger partial charge on any atom is 0.338 e. The van der Waals surface area contributed by atoms with Crippen molar-refractivity contribution in [2.75, 3.05) is 18.1 Å². The number of aromatic nitrogens is 2. The van der Waals surface area contributed by atoms with Crippen LogP contribution in [-0.2, 0) is 4.74 Å². The lowest BCUT2D eigenvalue weighted by atomic mass is 9.95. The molecule has 1 aliphatic rings. The molecule has 0 aliphatic carbocycles.